The lowest BCUT2D eigenvalue weighted by Gasteiger charge is -2.34. The summed E-state index contributed by atoms with van der Waals surface area (Å²) in [5.41, 5.74) is 1.24. The molecule has 1 atom stereocenters. The van der Waals surface area contributed by atoms with Crippen molar-refractivity contribution in [3.63, 3.8) is 0 Å². The van der Waals surface area contributed by atoms with E-state index in [0.29, 0.717) is 30.8 Å². The fourth-order valence-electron chi connectivity index (χ4n) is 2.31. The molecule has 0 aliphatic carbocycles. The Labute approximate surface area is 117 Å². The zero-order chi connectivity index (χ0) is 14.7. The summed E-state index contributed by atoms with van der Waals surface area (Å²) in [5.74, 6) is -0.392. The molecule has 1 aromatic rings. The van der Waals surface area contributed by atoms with Gasteiger partial charge in [-0.2, -0.15) is 5.26 Å². The Balaban J connectivity index is 2.28. The molecule has 1 aliphatic rings. The van der Waals surface area contributed by atoms with Gasteiger partial charge in [-0.25, -0.2) is 4.98 Å². The Morgan fingerprint density at radius 1 is 1.60 bits per heavy atom. The number of carbonyl (C=O) groups is 2. The number of carbonyl (C=O) groups excluding carboxylic acids is 2. The predicted octanol–water partition coefficient (Wildman–Crippen LogP) is 0.612. The second kappa shape index (κ2) is 5.70. The van der Waals surface area contributed by atoms with Gasteiger partial charge in [0.1, 0.15) is 17.8 Å². The van der Waals surface area contributed by atoms with Crippen LogP contribution in [0.5, 0.6) is 0 Å². The van der Waals surface area contributed by atoms with Crippen LogP contribution in [0, 0.1) is 18.3 Å². The molecule has 1 unspecified atom stereocenters. The van der Waals surface area contributed by atoms with Gasteiger partial charge in [0.05, 0.1) is 11.3 Å². The number of hydrogen-bond acceptors (Lipinski definition) is 4. The number of hydrogen-bond donors (Lipinski definition) is 1. The van der Waals surface area contributed by atoms with Crippen molar-refractivity contribution in [1.82, 2.24) is 15.2 Å². The largest absolute Gasteiger partial charge is 0.353 e. The summed E-state index contributed by atoms with van der Waals surface area (Å²) in [6.07, 6.45) is 0.562. The first-order valence-electron chi connectivity index (χ1n) is 6.55. The third-order valence-electron chi connectivity index (χ3n) is 3.40. The number of rotatable bonds is 2. The van der Waals surface area contributed by atoms with Crippen LogP contribution >= 0.6 is 0 Å². The van der Waals surface area contributed by atoms with Crippen LogP contribution in [0.25, 0.3) is 0 Å². The number of nitrogens with zero attached hydrogens (tertiary/aromatic N) is 3. The molecule has 0 aromatic carbocycles. The van der Waals surface area contributed by atoms with Crippen molar-refractivity contribution in [2.24, 2.45) is 0 Å². The highest BCUT2D eigenvalue weighted by atomic mass is 16.2. The second-order valence-corrected chi connectivity index (χ2v) is 4.65. The topological polar surface area (TPSA) is 86.1 Å². The highest BCUT2D eigenvalue weighted by Crippen LogP contribution is 2.14. The molecule has 1 aromatic heterocycles. The summed E-state index contributed by atoms with van der Waals surface area (Å²) < 4.78 is 0. The molecule has 0 radical (unpaired) electrons. The van der Waals surface area contributed by atoms with E-state index in [2.05, 4.69) is 10.3 Å². The number of amides is 2. The van der Waals surface area contributed by atoms with Gasteiger partial charge in [-0.15, -0.1) is 0 Å². The molecule has 1 N–H and O–H groups in total. The van der Waals surface area contributed by atoms with E-state index < -0.39 is 6.04 Å². The van der Waals surface area contributed by atoms with E-state index in [1.165, 1.54) is 6.07 Å². The number of nitriles is 1. The van der Waals surface area contributed by atoms with Gasteiger partial charge in [-0.3, -0.25) is 9.59 Å². The fourth-order valence-corrected chi connectivity index (χ4v) is 2.31. The highest BCUT2D eigenvalue weighted by Gasteiger charge is 2.32. The monoisotopic (exact) mass is 272 g/mol. The van der Waals surface area contributed by atoms with Crippen molar-refractivity contribution >= 4 is 11.8 Å². The Hall–Kier alpha value is -2.42. The van der Waals surface area contributed by atoms with Crippen molar-refractivity contribution in [3.05, 3.63) is 29.1 Å². The number of aryl methyl sites for hydroxylation is 1. The van der Waals surface area contributed by atoms with Crippen LogP contribution in [0.3, 0.4) is 0 Å². The second-order valence-electron chi connectivity index (χ2n) is 4.65. The van der Waals surface area contributed by atoms with E-state index in [1.807, 2.05) is 13.0 Å². The summed E-state index contributed by atoms with van der Waals surface area (Å²) in [6, 6.07) is 4.69. The fraction of sp³-hybridized carbons (Fsp3) is 0.429. The van der Waals surface area contributed by atoms with Gasteiger partial charge in [0.2, 0.25) is 5.91 Å². The maximum atomic E-state index is 12.5. The molecule has 0 spiro atoms. The average molecular weight is 272 g/mol. The van der Waals surface area contributed by atoms with Gasteiger partial charge in [-0.05, 0) is 25.5 Å². The van der Waals surface area contributed by atoms with Crippen LogP contribution in [-0.2, 0) is 4.79 Å². The third-order valence-corrected chi connectivity index (χ3v) is 3.40. The van der Waals surface area contributed by atoms with Gasteiger partial charge in [-0.1, -0.05) is 6.92 Å². The van der Waals surface area contributed by atoms with Crippen LogP contribution < -0.4 is 5.32 Å². The van der Waals surface area contributed by atoms with E-state index in [-0.39, 0.29) is 17.5 Å². The van der Waals surface area contributed by atoms with E-state index in [4.69, 9.17) is 5.26 Å². The van der Waals surface area contributed by atoms with Crippen molar-refractivity contribution in [2.75, 3.05) is 13.1 Å². The molecule has 1 saturated heterocycles. The van der Waals surface area contributed by atoms with Gasteiger partial charge < -0.3 is 10.2 Å². The summed E-state index contributed by atoms with van der Waals surface area (Å²) in [5, 5.41) is 11.6. The minimum atomic E-state index is -0.450. The Kier molecular flexibility index (Phi) is 3.99. The molecule has 2 heterocycles. The summed E-state index contributed by atoms with van der Waals surface area (Å²) in [4.78, 5) is 30.0. The standard InChI is InChI=1S/C14H16N4O2/c1-3-12-13(19)16-6-7-18(12)14(20)11-5-4-10(8-15)9(2)17-11/h4-5,12H,3,6-7H2,1-2H3,(H,16,19). The maximum absolute atomic E-state index is 12.5. The Morgan fingerprint density at radius 2 is 2.35 bits per heavy atom. The van der Waals surface area contributed by atoms with Crippen molar-refractivity contribution in [2.45, 2.75) is 26.3 Å². The first kappa shape index (κ1) is 14.0. The SMILES string of the molecule is CCC1C(=O)NCCN1C(=O)c1ccc(C#N)c(C)n1. The van der Waals surface area contributed by atoms with E-state index >= 15 is 0 Å². The molecular weight excluding hydrogens is 256 g/mol. The third kappa shape index (κ3) is 2.48. The smallest absolute Gasteiger partial charge is 0.273 e. The maximum Gasteiger partial charge on any atom is 0.273 e. The van der Waals surface area contributed by atoms with Crippen molar-refractivity contribution in [1.29, 1.82) is 5.26 Å². The number of piperazine rings is 1. The van der Waals surface area contributed by atoms with E-state index in [1.54, 1.807) is 17.9 Å². The van der Waals surface area contributed by atoms with Crippen LogP contribution in [0.15, 0.2) is 12.1 Å². The van der Waals surface area contributed by atoms with Crippen LogP contribution in [-0.4, -0.2) is 40.8 Å². The molecule has 6 heteroatoms. The molecule has 6 nitrogen and oxygen atoms in total. The zero-order valence-corrected chi connectivity index (χ0v) is 11.5. The van der Waals surface area contributed by atoms with Crippen LogP contribution in [0.4, 0.5) is 0 Å². The molecule has 1 aliphatic heterocycles. The summed E-state index contributed by atoms with van der Waals surface area (Å²) in [7, 11) is 0. The summed E-state index contributed by atoms with van der Waals surface area (Å²) in [6.45, 7) is 4.49. The number of aromatic nitrogens is 1. The average Bonchev–Trinajstić information content (AvgIpc) is 2.46. The zero-order valence-electron chi connectivity index (χ0n) is 11.5. The quantitative estimate of drug-likeness (QED) is 0.854. The van der Waals surface area contributed by atoms with Crippen LogP contribution in [0.1, 0.15) is 35.1 Å². The van der Waals surface area contributed by atoms with Gasteiger partial charge in [0, 0.05) is 13.1 Å². The molecule has 2 rings (SSSR count). The van der Waals surface area contributed by atoms with Gasteiger partial charge in [0.25, 0.3) is 5.91 Å². The van der Waals surface area contributed by atoms with Crippen molar-refractivity contribution < 1.29 is 9.59 Å². The lowest BCUT2D eigenvalue weighted by atomic mass is 10.1. The first-order chi connectivity index (χ1) is 9.58. The molecular formula is C14H16N4O2. The summed E-state index contributed by atoms with van der Waals surface area (Å²) >= 11 is 0. The van der Waals surface area contributed by atoms with Crippen molar-refractivity contribution in [3.8, 4) is 6.07 Å². The molecule has 2 amide bonds. The van der Waals surface area contributed by atoms with Gasteiger partial charge in [0.15, 0.2) is 0 Å². The number of nitrogens with one attached hydrogen (secondary N) is 1. The minimum absolute atomic E-state index is 0.127. The Morgan fingerprint density at radius 3 is 2.95 bits per heavy atom. The Bertz CT molecular complexity index is 591. The predicted molar refractivity (Wildman–Crippen MR) is 71.8 cm³/mol. The van der Waals surface area contributed by atoms with Gasteiger partial charge >= 0.3 is 0 Å². The highest BCUT2D eigenvalue weighted by molar-refractivity contribution is 5.97. The normalized spacial score (nSPS) is 18.4. The molecule has 0 saturated carbocycles. The lowest BCUT2D eigenvalue weighted by molar-refractivity contribution is -0.127. The minimum Gasteiger partial charge on any atom is -0.353 e. The first-order valence-corrected chi connectivity index (χ1v) is 6.55. The van der Waals surface area contributed by atoms with E-state index in [9.17, 15) is 9.59 Å². The van der Waals surface area contributed by atoms with Crippen LogP contribution in [0.2, 0.25) is 0 Å². The van der Waals surface area contributed by atoms with E-state index in [0.717, 1.165) is 0 Å². The molecule has 0 bridgehead atoms. The lowest BCUT2D eigenvalue weighted by Crippen LogP contribution is -2.57. The molecule has 1 fully saturated rings. The molecule has 104 valence electrons. The number of pyridine rings is 1. The molecule has 20 heavy (non-hydrogen) atoms.